The van der Waals surface area contributed by atoms with Gasteiger partial charge in [0.2, 0.25) is 5.91 Å². The van der Waals surface area contributed by atoms with E-state index >= 15 is 0 Å². The maximum absolute atomic E-state index is 13.2. The predicted octanol–water partition coefficient (Wildman–Crippen LogP) is 3.03. The lowest BCUT2D eigenvalue weighted by Gasteiger charge is -2.36. The number of H-pyrrole nitrogens is 1. The van der Waals surface area contributed by atoms with Crippen LogP contribution in [0.15, 0.2) is 58.7 Å². The van der Waals surface area contributed by atoms with Crippen LogP contribution in [0, 0.1) is 0 Å². The van der Waals surface area contributed by atoms with Crippen LogP contribution in [0.1, 0.15) is 24.0 Å². The highest BCUT2D eigenvalue weighted by Gasteiger charge is 2.39. The summed E-state index contributed by atoms with van der Waals surface area (Å²) >= 11 is 6.03. The van der Waals surface area contributed by atoms with Gasteiger partial charge in [0, 0.05) is 61.5 Å². The summed E-state index contributed by atoms with van der Waals surface area (Å²) in [6, 6.07) is 14.6. The van der Waals surface area contributed by atoms with Gasteiger partial charge in [0.05, 0.1) is 26.0 Å². The average molecular weight is 572 g/mol. The van der Waals surface area contributed by atoms with Gasteiger partial charge in [0.1, 0.15) is 5.03 Å². The van der Waals surface area contributed by atoms with E-state index in [0.29, 0.717) is 42.2 Å². The largest absolute Gasteiger partial charge is 0.347 e. The van der Waals surface area contributed by atoms with Crippen molar-refractivity contribution in [1.29, 1.82) is 0 Å². The molecule has 3 aliphatic heterocycles. The van der Waals surface area contributed by atoms with Crippen molar-refractivity contribution in [3.05, 3.63) is 64.7 Å². The van der Waals surface area contributed by atoms with E-state index in [-0.39, 0.29) is 24.0 Å². The van der Waals surface area contributed by atoms with Crippen molar-refractivity contribution in [3.8, 4) is 0 Å². The van der Waals surface area contributed by atoms with Gasteiger partial charge in [-0.1, -0.05) is 35.9 Å². The highest BCUT2D eigenvalue weighted by molar-refractivity contribution is 7.89. The number of fused-ring (bicyclic) bond motifs is 1. The van der Waals surface area contributed by atoms with Crippen molar-refractivity contribution in [1.82, 2.24) is 19.2 Å². The molecule has 0 atom stereocenters. The van der Waals surface area contributed by atoms with E-state index in [2.05, 4.69) is 10.1 Å². The molecule has 0 unspecified atom stereocenters. The summed E-state index contributed by atoms with van der Waals surface area (Å²) in [5.41, 5.74) is 2.61. The minimum atomic E-state index is -3.84. The third kappa shape index (κ3) is 5.55. The molecule has 2 aromatic carbocycles. The molecule has 12 heteroatoms. The number of carbonyl (C=O) groups excluding carboxylic acids is 1. The molecule has 3 aromatic rings. The fourth-order valence-corrected chi connectivity index (χ4v) is 6.80. The maximum atomic E-state index is 13.2. The van der Waals surface area contributed by atoms with E-state index in [1.54, 1.807) is 29.2 Å². The molecule has 1 spiro atoms. The number of hydrazone groups is 1. The number of piperidine rings is 1. The molecule has 3 saturated heterocycles. The van der Waals surface area contributed by atoms with Crippen LogP contribution in [-0.2, 0) is 30.8 Å². The summed E-state index contributed by atoms with van der Waals surface area (Å²) in [5, 5.41) is 7.92. The second-order valence-corrected chi connectivity index (χ2v) is 12.4. The van der Waals surface area contributed by atoms with Crippen molar-refractivity contribution in [2.45, 2.75) is 30.2 Å². The number of sulfonamides is 1. The number of aromatic nitrogens is 1. The zero-order valence-corrected chi connectivity index (χ0v) is 23.0. The van der Waals surface area contributed by atoms with Gasteiger partial charge in [-0.2, -0.15) is 9.41 Å². The summed E-state index contributed by atoms with van der Waals surface area (Å²) in [7, 11) is -3.84. The van der Waals surface area contributed by atoms with E-state index in [1.807, 2.05) is 35.5 Å². The highest BCUT2D eigenvalue weighted by atomic mass is 35.5. The second-order valence-electron chi connectivity index (χ2n) is 10.1. The van der Waals surface area contributed by atoms with E-state index < -0.39 is 15.8 Å². The molecule has 3 aliphatic rings. The van der Waals surface area contributed by atoms with Crippen LogP contribution in [-0.4, -0.2) is 91.5 Å². The molecule has 1 aromatic heterocycles. The fourth-order valence-electron chi connectivity index (χ4n) is 5.23. The first-order valence-electron chi connectivity index (χ1n) is 13.0. The number of hydrogen-bond donors (Lipinski definition) is 1. The predicted molar refractivity (Wildman–Crippen MR) is 147 cm³/mol. The van der Waals surface area contributed by atoms with Gasteiger partial charge in [-0.3, -0.25) is 9.80 Å². The molecular formula is C27H30ClN5O5S. The average Bonchev–Trinajstić information content (AvgIpc) is 3.58. The Bertz CT molecular complexity index is 1490. The lowest BCUT2D eigenvalue weighted by atomic mass is 10.1. The number of nitrogens with zero attached hydrogens (tertiary/aromatic N) is 4. The van der Waals surface area contributed by atoms with Crippen molar-refractivity contribution in [2.24, 2.45) is 5.10 Å². The molecule has 0 aliphatic carbocycles. The summed E-state index contributed by atoms with van der Waals surface area (Å²) in [4.78, 5) is 17.5. The number of amides is 1. The Morgan fingerprint density at radius 3 is 2.46 bits per heavy atom. The Morgan fingerprint density at radius 1 is 1.00 bits per heavy atom. The molecule has 206 valence electrons. The molecule has 10 nitrogen and oxygen atoms in total. The van der Waals surface area contributed by atoms with E-state index in [0.717, 1.165) is 37.1 Å². The Morgan fingerprint density at radius 2 is 1.74 bits per heavy atom. The number of benzene rings is 2. The first-order chi connectivity index (χ1) is 18.8. The number of rotatable bonds is 6. The van der Waals surface area contributed by atoms with Crippen molar-refractivity contribution in [2.75, 3.05) is 45.9 Å². The third-order valence-corrected chi connectivity index (χ3v) is 9.50. The van der Waals surface area contributed by atoms with Crippen LogP contribution in [0.5, 0.6) is 0 Å². The SMILES string of the molecule is O=C1CN(S(=O)(=O)c2cc3cc(Cl)ccc3[nH]2)CCN1Cc1ccc(/C=N/N2CCC3(CC2)OCCO3)cc1. The van der Waals surface area contributed by atoms with Gasteiger partial charge in [0.25, 0.3) is 10.0 Å². The summed E-state index contributed by atoms with van der Waals surface area (Å²) in [6.45, 7) is 3.66. The quantitative estimate of drug-likeness (QED) is 0.456. The molecule has 3 fully saturated rings. The first-order valence-corrected chi connectivity index (χ1v) is 14.8. The van der Waals surface area contributed by atoms with Gasteiger partial charge in [-0.05, 0) is 35.4 Å². The molecule has 0 saturated carbocycles. The van der Waals surface area contributed by atoms with Crippen LogP contribution < -0.4 is 0 Å². The van der Waals surface area contributed by atoms with E-state index in [4.69, 9.17) is 21.1 Å². The Labute approximate surface area is 232 Å². The molecule has 6 rings (SSSR count). The number of nitrogens with one attached hydrogen (secondary N) is 1. The van der Waals surface area contributed by atoms with Crippen molar-refractivity contribution < 1.29 is 22.7 Å². The smallest absolute Gasteiger partial charge is 0.259 e. The summed E-state index contributed by atoms with van der Waals surface area (Å²) < 4.78 is 39.1. The molecular weight excluding hydrogens is 542 g/mol. The van der Waals surface area contributed by atoms with Gasteiger partial charge < -0.3 is 19.4 Å². The molecule has 39 heavy (non-hydrogen) atoms. The number of ether oxygens (including phenoxy) is 2. The maximum Gasteiger partial charge on any atom is 0.259 e. The minimum absolute atomic E-state index is 0.0579. The standard InChI is InChI=1S/C27H30ClN5O5S/c28-23-5-6-24-22(15-23)16-25(30-24)39(35,36)33-12-11-31(26(34)19-33)18-21-3-1-20(2-4-21)17-29-32-9-7-27(8-10-32)37-13-14-38-27/h1-6,15-17,30H,7-14,18-19H2/b29-17+. The summed E-state index contributed by atoms with van der Waals surface area (Å²) in [6.07, 6.45) is 3.45. The second kappa shape index (κ2) is 10.5. The number of piperazine rings is 1. The van der Waals surface area contributed by atoms with Gasteiger partial charge >= 0.3 is 0 Å². The number of aromatic amines is 1. The molecule has 1 amide bonds. The lowest BCUT2D eigenvalue weighted by molar-refractivity contribution is -0.185. The number of hydrogen-bond acceptors (Lipinski definition) is 7. The lowest BCUT2D eigenvalue weighted by Crippen LogP contribution is -2.51. The minimum Gasteiger partial charge on any atom is -0.347 e. The number of carbonyl (C=O) groups is 1. The molecule has 0 radical (unpaired) electrons. The Hall–Kier alpha value is -2.96. The zero-order valence-electron chi connectivity index (χ0n) is 21.4. The first kappa shape index (κ1) is 26.3. The third-order valence-electron chi connectivity index (χ3n) is 7.50. The molecule has 4 heterocycles. The monoisotopic (exact) mass is 571 g/mol. The van der Waals surface area contributed by atoms with Crippen LogP contribution in [0.25, 0.3) is 10.9 Å². The van der Waals surface area contributed by atoms with Gasteiger partial charge in [0.15, 0.2) is 5.79 Å². The topological polar surface area (TPSA) is 108 Å². The summed E-state index contributed by atoms with van der Waals surface area (Å²) in [5.74, 6) is -0.640. The zero-order chi connectivity index (χ0) is 27.0. The van der Waals surface area contributed by atoms with E-state index in [9.17, 15) is 13.2 Å². The van der Waals surface area contributed by atoms with Crippen molar-refractivity contribution in [3.63, 3.8) is 0 Å². The Kier molecular flexibility index (Phi) is 7.11. The Balaban J connectivity index is 1.03. The molecule has 1 N–H and O–H groups in total. The van der Waals surface area contributed by atoms with E-state index in [1.165, 1.54) is 4.31 Å². The van der Waals surface area contributed by atoms with Gasteiger partial charge in [-0.15, -0.1) is 0 Å². The van der Waals surface area contributed by atoms with Crippen molar-refractivity contribution >= 4 is 44.6 Å². The normalized spacial score (nSPS) is 20.6. The van der Waals surface area contributed by atoms with Crippen LogP contribution >= 0.6 is 11.6 Å². The van der Waals surface area contributed by atoms with Crippen LogP contribution in [0.3, 0.4) is 0 Å². The highest BCUT2D eigenvalue weighted by Crippen LogP contribution is 2.31. The van der Waals surface area contributed by atoms with Crippen LogP contribution in [0.4, 0.5) is 0 Å². The molecule has 0 bridgehead atoms. The fraction of sp³-hybridized carbons (Fsp3) is 0.407. The van der Waals surface area contributed by atoms with Gasteiger partial charge in [-0.25, -0.2) is 8.42 Å². The number of halogens is 1. The van der Waals surface area contributed by atoms with Crippen LogP contribution in [0.2, 0.25) is 5.02 Å².